The normalized spacial score (nSPS) is 12.6. The van der Waals surface area contributed by atoms with E-state index in [-0.39, 0.29) is 93.1 Å². The molecule has 6 N–H and O–H groups in total. The molecule has 0 aliphatic heterocycles. The number of phenolic OH excluding ortho intramolecular Hbond substituents is 1. The van der Waals surface area contributed by atoms with Crippen molar-refractivity contribution < 1.29 is 67.1 Å². The van der Waals surface area contributed by atoms with Gasteiger partial charge in [0.2, 0.25) is 0 Å². The van der Waals surface area contributed by atoms with Crippen LogP contribution < -0.4 is 9.05 Å². The molecule has 0 heterocycles. The number of phosphoric acid groups is 2. The molecule has 0 saturated carbocycles. The summed E-state index contributed by atoms with van der Waals surface area (Å²) in [6, 6.07) is 8.08. The molecule has 16 heteroatoms. The van der Waals surface area contributed by atoms with E-state index in [2.05, 4.69) is 0 Å². The maximum atomic E-state index is 12.8. The van der Waals surface area contributed by atoms with E-state index in [1.165, 1.54) is 77.1 Å². The van der Waals surface area contributed by atoms with Crippen molar-refractivity contribution in [2.75, 3.05) is 0 Å². The van der Waals surface area contributed by atoms with E-state index in [0.29, 0.717) is 11.1 Å². The highest BCUT2D eigenvalue weighted by Crippen LogP contribution is 2.45. The monoisotopic (exact) mass is 772 g/mol. The number of carbonyl (C=O) groups excluding carboxylic acids is 4. The van der Waals surface area contributed by atoms with Gasteiger partial charge in [-0.3, -0.25) is 38.8 Å². The van der Waals surface area contributed by atoms with Crippen LogP contribution in [0.1, 0.15) is 113 Å². The predicted octanol–water partition coefficient (Wildman–Crippen LogP) is 6.60. The van der Waals surface area contributed by atoms with Crippen molar-refractivity contribution in [2.24, 2.45) is 0 Å². The van der Waals surface area contributed by atoms with E-state index in [4.69, 9.17) is 9.05 Å². The van der Waals surface area contributed by atoms with Gasteiger partial charge in [0, 0.05) is 52.6 Å². The topological polar surface area (TPSA) is 242 Å². The van der Waals surface area contributed by atoms with Crippen molar-refractivity contribution in [2.45, 2.75) is 74.1 Å². The summed E-state index contributed by atoms with van der Waals surface area (Å²) in [5.74, 6) is -2.82. The van der Waals surface area contributed by atoms with E-state index in [1.807, 2.05) is 0 Å². The molecule has 0 saturated heterocycles. The zero-order valence-electron chi connectivity index (χ0n) is 30.2. The lowest BCUT2D eigenvalue weighted by molar-refractivity contribution is -0.113. The number of allylic oxidation sites excluding steroid dienone is 4. The van der Waals surface area contributed by atoms with Crippen LogP contribution in [0.25, 0.3) is 0 Å². The Labute approximate surface area is 306 Å². The molecule has 14 nitrogen and oxygen atoms in total. The summed E-state index contributed by atoms with van der Waals surface area (Å²) < 4.78 is 34.4. The van der Waals surface area contributed by atoms with E-state index in [9.17, 15) is 58.1 Å². The highest BCUT2D eigenvalue weighted by atomic mass is 31.2. The van der Waals surface area contributed by atoms with Crippen LogP contribution >= 0.6 is 15.6 Å². The molecular formula is C37H42O14P2. The second-order valence-corrected chi connectivity index (χ2v) is 14.9. The molecule has 284 valence electrons. The lowest BCUT2D eigenvalue weighted by Crippen LogP contribution is -2.09. The minimum absolute atomic E-state index is 0.0103. The van der Waals surface area contributed by atoms with Gasteiger partial charge in [0.1, 0.15) is 17.2 Å². The zero-order valence-corrected chi connectivity index (χ0v) is 32.0. The quantitative estimate of drug-likeness (QED) is 0.0296. The molecule has 0 unspecified atom stereocenters. The Morgan fingerprint density at radius 2 is 0.981 bits per heavy atom. The summed E-state index contributed by atoms with van der Waals surface area (Å²) in [6.07, 6.45) is 0.641. The molecule has 0 atom stereocenters. The fourth-order valence-electron chi connectivity index (χ4n) is 5.54. The first-order valence-corrected chi connectivity index (χ1v) is 19.2. The zero-order chi connectivity index (χ0) is 40.2. The van der Waals surface area contributed by atoms with E-state index >= 15 is 0 Å². The molecule has 3 aromatic rings. The Hall–Kier alpha value is -4.68. The summed E-state index contributed by atoms with van der Waals surface area (Å²) in [7, 11) is -10.4. The molecular weight excluding hydrogens is 730 g/mol. The lowest BCUT2D eigenvalue weighted by atomic mass is 9.89. The van der Waals surface area contributed by atoms with Crippen LogP contribution in [0, 0.1) is 0 Å². The van der Waals surface area contributed by atoms with Crippen LogP contribution in [-0.2, 0) is 39.6 Å². The number of aliphatic hydroxyl groups excluding tert-OH is 1. The summed E-state index contributed by atoms with van der Waals surface area (Å²) in [5, 5.41) is 21.6. The summed E-state index contributed by atoms with van der Waals surface area (Å²) in [6.45, 7) is 9.70. The number of aromatic hydroxyl groups is 1. The third kappa shape index (κ3) is 11.7. The molecule has 0 spiro atoms. The third-order valence-electron chi connectivity index (χ3n) is 8.33. The van der Waals surface area contributed by atoms with Crippen LogP contribution in [0.5, 0.6) is 17.2 Å². The molecule has 0 amide bonds. The minimum Gasteiger partial charge on any atom is -0.512 e. The van der Waals surface area contributed by atoms with Gasteiger partial charge in [0.15, 0.2) is 23.1 Å². The van der Waals surface area contributed by atoms with Gasteiger partial charge < -0.3 is 19.3 Å². The molecule has 0 radical (unpaired) electrons. The fraction of sp³-hybridized carbons (Fsp3) is 0.297. The molecule has 0 aliphatic rings. The number of benzene rings is 3. The van der Waals surface area contributed by atoms with Crippen molar-refractivity contribution >= 4 is 38.8 Å². The number of carbonyl (C=O) groups is 4. The lowest BCUT2D eigenvalue weighted by Gasteiger charge is -2.20. The molecule has 0 bridgehead atoms. The van der Waals surface area contributed by atoms with E-state index < -0.39 is 44.5 Å². The molecule has 53 heavy (non-hydrogen) atoms. The Bertz CT molecular complexity index is 2150. The first-order valence-electron chi connectivity index (χ1n) is 16.2. The number of ketones is 4. The first-order chi connectivity index (χ1) is 24.4. The predicted molar refractivity (Wildman–Crippen MR) is 195 cm³/mol. The maximum Gasteiger partial charge on any atom is 0.524 e. The van der Waals surface area contributed by atoms with E-state index in [0.717, 1.165) is 0 Å². The number of aliphatic hydroxyl groups is 1. The summed E-state index contributed by atoms with van der Waals surface area (Å²) in [5.41, 5.74) is 1.30. The van der Waals surface area contributed by atoms with Gasteiger partial charge >= 0.3 is 15.6 Å². The number of phenols is 1. The largest absolute Gasteiger partial charge is 0.524 e. The molecule has 0 aromatic heterocycles. The van der Waals surface area contributed by atoms with Crippen LogP contribution in [0.15, 0.2) is 59.4 Å². The number of rotatable bonds is 16. The maximum absolute atomic E-state index is 12.8. The van der Waals surface area contributed by atoms with Gasteiger partial charge in [-0.05, 0) is 118 Å². The van der Waals surface area contributed by atoms with Crippen molar-refractivity contribution in [1.29, 1.82) is 0 Å². The highest BCUT2D eigenvalue weighted by Gasteiger charge is 2.27. The van der Waals surface area contributed by atoms with Crippen LogP contribution in [0.3, 0.4) is 0 Å². The average molecular weight is 773 g/mol. The van der Waals surface area contributed by atoms with Crippen LogP contribution in [0.2, 0.25) is 0 Å². The second-order valence-electron chi connectivity index (χ2n) is 12.6. The Kier molecular flexibility index (Phi) is 13.7. The number of hydrogen-bond donors (Lipinski definition) is 6. The van der Waals surface area contributed by atoms with Crippen molar-refractivity contribution in [3.63, 3.8) is 0 Å². The Morgan fingerprint density at radius 1 is 0.623 bits per heavy atom. The molecule has 0 aliphatic carbocycles. The SMILES string of the molecule is CCc1cc(C(C)=O)cc(Cc2cc(C(C)=O)cc(Cc3cc(C(C)=O)cc(C/C(=C/C(C)=C(C)O)C(C)=O)c3OP(=O)(O)O)c2O)c1OP(=O)(O)O. The summed E-state index contributed by atoms with van der Waals surface area (Å²) >= 11 is 0. The molecule has 3 rings (SSSR count). The van der Waals surface area contributed by atoms with Gasteiger partial charge in [-0.25, -0.2) is 9.13 Å². The Balaban J connectivity index is 2.36. The van der Waals surface area contributed by atoms with Gasteiger partial charge in [0.25, 0.3) is 0 Å². The molecule has 0 fully saturated rings. The molecule has 3 aromatic carbocycles. The van der Waals surface area contributed by atoms with Crippen molar-refractivity contribution in [3.05, 3.63) is 109 Å². The summed E-state index contributed by atoms with van der Waals surface area (Å²) in [4.78, 5) is 89.7. The fourth-order valence-corrected chi connectivity index (χ4v) is 6.48. The standard InChI is InChI=1S/C37H42O14P2/c1-8-25-10-27(22(5)40)14-33(36(25)50-52(44,45)46)17-30-11-28(23(6)41)12-31(35(30)43)18-34-16-29(24(7)42)15-32(37(34)51-53(47,48)49)13-26(21(4)39)9-19(2)20(3)38/h9-12,14-16,38,43H,8,13,17-18H2,1-7H3,(H2,44,45,46)(H2,47,48,49)/b20-19?,26-9-. The van der Waals surface area contributed by atoms with Crippen molar-refractivity contribution in [3.8, 4) is 17.2 Å². The Morgan fingerprint density at radius 3 is 1.32 bits per heavy atom. The van der Waals surface area contributed by atoms with Gasteiger partial charge in [-0.15, -0.1) is 0 Å². The number of aryl methyl sites for hydroxylation is 1. The number of Topliss-reactive ketones (excluding diaryl/α,β-unsaturated/α-hetero) is 4. The number of hydrogen-bond acceptors (Lipinski definition) is 10. The smallest absolute Gasteiger partial charge is 0.512 e. The van der Waals surface area contributed by atoms with Gasteiger partial charge in [-0.2, -0.15) is 0 Å². The number of phosphoric ester groups is 2. The van der Waals surface area contributed by atoms with Crippen molar-refractivity contribution in [1.82, 2.24) is 0 Å². The van der Waals surface area contributed by atoms with Gasteiger partial charge in [-0.1, -0.05) is 6.92 Å². The minimum atomic E-state index is -5.29. The third-order valence-corrected chi connectivity index (χ3v) is 9.17. The highest BCUT2D eigenvalue weighted by molar-refractivity contribution is 7.47. The van der Waals surface area contributed by atoms with Gasteiger partial charge in [0.05, 0.1) is 5.76 Å². The second kappa shape index (κ2) is 17.0. The average Bonchev–Trinajstić information content (AvgIpc) is 3.02. The first kappa shape index (κ1) is 42.7. The van der Waals surface area contributed by atoms with E-state index in [1.54, 1.807) is 13.8 Å². The van der Waals surface area contributed by atoms with Crippen LogP contribution in [0.4, 0.5) is 0 Å². The van der Waals surface area contributed by atoms with Crippen LogP contribution in [-0.4, -0.2) is 52.9 Å².